The van der Waals surface area contributed by atoms with E-state index in [1.165, 1.54) is 6.08 Å². The highest BCUT2D eigenvalue weighted by Gasteiger charge is 2.24. The van der Waals surface area contributed by atoms with E-state index in [1.54, 1.807) is 0 Å². The molecule has 2 atom stereocenters. The van der Waals surface area contributed by atoms with Crippen molar-refractivity contribution >= 4 is 18.0 Å². The monoisotopic (exact) mass is 472 g/mol. The molecule has 7 heteroatoms. The van der Waals surface area contributed by atoms with Crippen LogP contribution in [0.3, 0.4) is 0 Å². The van der Waals surface area contributed by atoms with E-state index in [-0.39, 0.29) is 13.0 Å². The van der Waals surface area contributed by atoms with Gasteiger partial charge in [-0.05, 0) is 23.1 Å². The third kappa shape index (κ3) is 9.17. The van der Waals surface area contributed by atoms with E-state index < -0.39 is 30.1 Å². The van der Waals surface area contributed by atoms with Gasteiger partial charge in [0.05, 0.1) is 6.04 Å². The van der Waals surface area contributed by atoms with Gasteiger partial charge in [-0.2, -0.15) is 0 Å². The molecule has 1 unspecified atom stereocenters. The molecule has 0 saturated carbocycles. The van der Waals surface area contributed by atoms with Crippen LogP contribution in [0.2, 0.25) is 0 Å². The van der Waals surface area contributed by atoms with Crippen LogP contribution in [0.1, 0.15) is 16.7 Å². The van der Waals surface area contributed by atoms with Crippen LogP contribution >= 0.6 is 0 Å². The lowest BCUT2D eigenvalue weighted by Gasteiger charge is -2.22. The third-order valence-electron chi connectivity index (χ3n) is 5.20. The molecule has 0 aliphatic heterocycles. The van der Waals surface area contributed by atoms with Crippen molar-refractivity contribution in [2.75, 3.05) is 0 Å². The molecular formula is C28H28N2O5. The number of alkyl carbamates (subject to hydrolysis) is 1. The fraction of sp³-hybridized carbons (Fsp3) is 0.179. The maximum atomic E-state index is 13.2. The minimum atomic E-state index is -1.11. The van der Waals surface area contributed by atoms with Crippen molar-refractivity contribution in [2.45, 2.75) is 31.5 Å². The van der Waals surface area contributed by atoms with Crippen LogP contribution in [0.4, 0.5) is 4.79 Å². The Balaban J connectivity index is 1.71. The maximum Gasteiger partial charge on any atom is 0.408 e. The van der Waals surface area contributed by atoms with E-state index in [2.05, 4.69) is 10.6 Å². The molecule has 3 N–H and O–H groups in total. The molecule has 0 fully saturated rings. The van der Waals surface area contributed by atoms with Gasteiger partial charge in [0.2, 0.25) is 5.91 Å². The number of carboxylic acid groups (broad SMARTS) is 1. The zero-order chi connectivity index (χ0) is 24.9. The summed E-state index contributed by atoms with van der Waals surface area (Å²) in [5.74, 6) is -1.55. The Labute approximate surface area is 204 Å². The Kier molecular flexibility index (Phi) is 9.63. The van der Waals surface area contributed by atoms with E-state index in [4.69, 9.17) is 9.84 Å². The quantitative estimate of drug-likeness (QED) is 0.367. The molecule has 35 heavy (non-hydrogen) atoms. The smallest absolute Gasteiger partial charge is 0.408 e. The van der Waals surface area contributed by atoms with Gasteiger partial charge in [-0.1, -0.05) is 97.1 Å². The van der Waals surface area contributed by atoms with Gasteiger partial charge in [0, 0.05) is 12.5 Å². The Bertz CT molecular complexity index is 1120. The molecule has 0 heterocycles. The summed E-state index contributed by atoms with van der Waals surface area (Å²) in [4.78, 5) is 36.8. The van der Waals surface area contributed by atoms with E-state index in [0.29, 0.717) is 6.42 Å². The van der Waals surface area contributed by atoms with Crippen molar-refractivity contribution in [1.82, 2.24) is 10.6 Å². The molecule has 0 spiro atoms. The molecule has 0 saturated heterocycles. The molecule has 3 rings (SSSR count). The highest BCUT2D eigenvalue weighted by Crippen LogP contribution is 2.08. The molecule has 7 nitrogen and oxygen atoms in total. The van der Waals surface area contributed by atoms with Crippen molar-refractivity contribution in [3.05, 3.63) is 120 Å². The highest BCUT2D eigenvalue weighted by atomic mass is 16.5. The van der Waals surface area contributed by atoms with Gasteiger partial charge in [-0.15, -0.1) is 0 Å². The van der Waals surface area contributed by atoms with Crippen LogP contribution in [-0.4, -0.2) is 35.2 Å². The SMILES string of the molecule is O=C(O)C=CC(Cc1ccccc1)NC(=O)[C@H](Cc1ccccc1)NC(=O)OCc1ccccc1. The number of aliphatic carboxylic acids is 1. The number of carbonyl (C=O) groups excluding carboxylic acids is 2. The molecule has 180 valence electrons. The van der Waals surface area contributed by atoms with E-state index in [1.807, 2.05) is 91.0 Å². The molecule has 2 amide bonds. The summed E-state index contributed by atoms with van der Waals surface area (Å²) in [5, 5.41) is 14.6. The zero-order valence-corrected chi connectivity index (χ0v) is 19.2. The van der Waals surface area contributed by atoms with Crippen LogP contribution in [0.5, 0.6) is 0 Å². The Hall–Kier alpha value is -4.39. The van der Waals surface area contributed by atoms with Crippen molar-refractivity contribution in [2.24, 2.45) is 0 Å². The largest absolute Gasteiger partial charge is 0.478 e. The average molecular weight is 473 g/mol. The lowest BCUT2D eigenvalue weighted by molar-refractivity contribution is -0.131. The number of benzene rings is 3. The summed E-state index contributed by atoms with van der Waals surface area (Å²) in [6, 6.07) is 26.5. The second kappa shape index (κ2) is 13.3. The molecule has 0 bridgehead atoms. The van der Waals surface area contributed by atoms with Gasteiger partial charge in [-0.25, -0.2) is 9.59 Å². The number of nitrogens with one attached hydrogen (secondary N) is 2. The fourth-order valence-corrected chi connectivity index (χ4v) is 3.48. The number of amides is 2. The van der Waals surface area contributed by atoms with E-state index in [0.717, 1.165) is 22.8 Å². The van der Waals surface area contributed by atoms with Crippen molar-refractivity contribution in [1.29, 1.82) is 0 Å². The van der Waals surface area contributed by atoms with Gasteiger partial charge >= 0.3 is 12.1 Å². The van der Waals surface area contributed by atoms with Gasteiger partial charge < -0.3 is 20.5 Å². The summed E-state index contributed by atoms with van der Waals surface area (Å²) in [6.45, 7) is 0.0737. The van der Waals surface area contributed by atoms with Crippen LogP contribution in [0, 0.1) is 0 Å². The van der Waals surface area contributed by atoms with E-state index >= 15 is 0 Å². The molecule has 3 aromatic carbocycles. The van der Waals surface area contributed by atoms with Gasteiger partial charge in [0.1, 0.15) is 12.6 Å². The van der Waals surface area contributed by atoms with Crippen LogP contribution in [0.25, 0.3) is 0 Å². The predicted molar refractivity (Wildman–Crippen MR) is 133 cm³/mol. The maximum absolute atomic E-state index is 13.2. The number of hydrogen-bond acceptors (Lipinski definition) is 4. The number of carboxylic acids is 1. The summed E-state index contributed by atoms with van der Waals surface area (Å²) < 4.78 is 5.30. The first kappa shape index (κ1) is 25.2. The number of hydrogen-bond donors (Lipinski definition) is 3. The van der Waals surface area contributed by atoms with Crippen molar-refractivity contribution in [3.63, 3.8) is 0 Å². The molecule has 0 aliphatic carbocycles. The van der Waals surface area contributed by atoms with Crippen molar-refractivity contribution < 1.29 is 24.2 Å². The normalized spacial score (nSPS) is 12.5. The molecule has 0 radical (unpaired) electrons. The number of ether oxygens (including phenoxy) is 1. The fourth-order valence-electron chi connectivity index (χ4n) is 3.48. The lowest BCUT2D eigenvalue weighted by atomic mass is 10.0. The van der Waals surface area contributed by atoms with Crippen LogP contribution < -0.4 is 10.6 Å². The Morgan fingerprint density at radius 2 is 1.26 bits per heavy atom. The second-order valence-electron chi connectivity index (χ2n) is 7.95. The first-order chi connectivity index (χ1) is 17.0. The summed E-state index contributed by atoms with van der Waals surface area (Å²) >= 11 is 0. The number of rotatable bonds is 11. The summed E-state index contributed by atoms with van der Waals surface area (Å²) in [7, 11) is 0. The highest BCUT2D eigenvalue weighted by molar-refractivity contribution is 5.86. The van der Waals surface area contributed by atoms with E-state index in [9.17, 15) is 14.4 Å². The second-order valence-corrected chi connectivity index (χ2v) is 7.95. The van der Waals surface area contributed by atoms with Gasteiger partial charge in [0.25, 0.3) is 0 Å². The standard InChI is InChI=1S/C28H28N2O5/c31-26(32)17-16-24(18-21-10-4-1-5-11-21)29-27(33)25(19-22-12-6-2-7-13-22)30-28(34)35-20-23-14-8-3-9-15-23/h1-17,24-25H,18-20H2,(H,29,33)(H,30,34)(H,31,32)/t24?,25-/m0/s1. The van der Waals surface area contributed by atoms with Gasteiger partial charge in [0.15, 0.2) is 0 Å². The van der Waals surface area contributed by atoms with Crippen molar-refractivity contribution in [3.8, 4) is 0 Å². The first-order valence-electron chi connectivity index (χ1n) is 11.3. The molecule has 3 aromatic rings. The average Bonchev–Trinajstić information content (AvgIpc) is 2.87. The minimum Gasteiger partial charge on any atom is -0.478 e. The zero-order valence-electron chi connectivity index (χ0n) is 19.2. The summed E-state index contributed by atoms with van der Waals surface area (Å²) in [5.41, 5.74) is 2.62. The van der Waals surface area contributed by atoms with Crippen LogP contribution in [-0.2, 0) is 33.8 Å². The minimum absolute atomic E-state index is 0.0737. The Morgan fingerprint density at radius 1 is 0.743 bits per heavy atom. The summed E-state index contributed by atoms with van der Waals surface area (Å²) in [6.07, 6.45) is 2.36. The Morgan fingerprint density at radius 3 is 1.80 bits per heavy atom. The number of carbonyl (C=O) groups is 3. The molecular weight excluding hydrogens is 444 g/mol. The third-order valence-corrected chi connectivity index (χ3v) is 5.20. The topological polar surface area (TPSA) is 105 Å². The molecule has 0 aliphatic rings. The first-order valence-corrected chi connectivity index (χ1v) is 11.3. The lowest BCUT2D eigenvalue weighted by Crippen LogP contribution is -2.51. The van der Waals surface area contributed by atoms with Gasteiger partial charge in [-0.3, -0.25) is 4.79 Å². The molecule has 0 aromatic heterocycles. The van der Waals surface area contributed by atoms with Crippen LogP contribution in [0.15, 0.2) is 103 Å². The predicted octanol–water partition coefficient (Wildman–Crippen LogP) is 3.89.